The first-order chi connectivity index (χ1) is 14.0. The number of fused-ring (bicyclic) bond motifs is 1. The predicted molar refractivity (Wildman–Crippen MR) is 112 cm³/mol. The smallest absolute Gasteiger partial charge is 0.254 e. The first kappa shape index (κ1) is 20.7. The number of hydrogen-bond acceptors (Lipinski definition) is 4. The third-order valence-corrected chi connectivity index (χ3v) is 4.99. The van der Waals surface area contributed by atoms with Gasteiger partial charge in [-0.25, -0.2) is 0 Å². The Kier molecular flexibility index (Phi) is 6.42. The zero-order chi connectivity index (χ0) is 21.0. The van der Waals surface area contributed by atoms with Crippen LogP contribution < -0.4 is 19.7 Å². The Morgan fingerprint density at radius 1 is 1.24 bits per heavy atom. The molecule has 1 aliphatic heterocycles. The Hall–Kier alpha value is -3.02. The van der Waals surface area contributed by atoms with E-state index >= 15 is 0 Å². The molecule has 154 valence electrons. The Morgan fingerprint density at radius 3 is 2.72 bits per heavy atom. The summed E-state index contributed by atoms with van der Waals surface area (Å²) < 4.78 is 11.5. The minimum Gasteiger partial charge on any atom is -0.493 e. The van der Waals surface area contributed by atoms with Gasteiger partial charge in [0.25, 0.3) is 5.91 Å². The number of rotatable bonds is 8. The molecule has 0 aromatic heterocycles. The summed E-state index contributed by atoms with van der Waals surface area (Å²) in [5.74, 6) is 0.919. The molecule has 2 aromatic carbocycles. The van der Waals surface area contributed by atoms with Crippen molar-refractivity contribution >= 4 is 17.5 Å². The first-order valence-electron chi connectivity index (χ1n) is 9.94. The van der Waals surface area contributed by atoms with Gasteiger partial charge in [-0.2, -0.15) is 0 Å². The Bertz CT molecular complexity index is 910. The molecule has 3 rings (SSSR count). The number of nitrogens with zero attached hydrogens (tertiary/aromatic N) is 1. The molecule has 0 aliphatic carbocycles. The third kappa shape index (κ3) is 4.36. The molecule has 0 fully saturated rings. The highest BCUT2D eigenvalue weighted by Gasteiger charge is 2.38. The minimum atomic E-state index is -0.669. The van der Waals surface area contributed by atoms with Gasteiger partial charge in [-0.15, -0.1) is 0 Å². The third-order valence-electron chi connectivity index (χ3n) is 4.99. The van der Waals surface area contributed by atoms with Crippen LogP contribution in [0.1, 0.15) is 49.4 Å². The van der Waals surface area contributed by atoms with Gasteiger partial charge >= 0.3 is 0 Å². The number of anilines is 1. The second kappa shape index (κ2) is 8.99. The standard InChI is InChI=1S/C23H28N2O4/c1-5-6-12-29-20-9-7-8-17(22(20)28-4)14-25-19-11-10-15(2)13-18(19)21(23(25)27)24-16(3)26/h7-11,13,21H,5-6,12,14H2,1-4H3,(H,24,26)/t21-/m0/s1. The maximum Gasteiger partial charge on any atom is 0.254 e. The highest BCUT2D eigenvalue weighted by molar-refractivity contribution is 6.06. The van der Waals surface area contributed by atoms with Crippen molar-refractivity contribution < 1.29 is 19.1 Å². The van der Waals surface area contributed by atoms with Gasteiger partial charge in [0.15, 0.2) is 11.5 Å². The number of methoxy groups -OCH3 is 1. The van der Waals surface area contributed by atoms with Crippen molar-refractivity contribution in [1.82, 2.24) is 5.32 Å². The van der Waals surface area contributed by atoms with Crippen LogP contribution in [0.4, 0.5) is 5.69 Å². The molecule has 29 heavy (non-hydrogen) atoms. The second-order valence-corrected chi connectivity index (χ2v) is 7.27. The Morgan fingerprint density at radius 2 is 2.03 bits per heavy atom. The molecule has 0 bridgehead atoms. The summed E-state index contributed by atoms with van der Waals surface area (Å²) in [6.45, 7) is 6.45. The van der Waals surface area contributed by atoms with E-state index in [0.717, 1.165) is 35.2 Å². The van der Waals surface area contributed by atoms with E-state index in [-0.39, 0.29) is 11.8 Å². The molecule has 1 atom stereocenters. The number of para-hydroxylation sites is 1. The van der Waals surface area contributed by atoms with Crippen LogP contribution in [0.5, 0.6) is 11.5 Å². The zero-order valence-corrected chi connectivity index (χ0v) is 17.5. The molecule has 0 saturated carbocycles. The van der Waals surface area contributed by atoms with E-state index in [2.05, 4.69) is 12.2 Å². The van der Waals surface area contributed by atoms with Crippen LogP contribution in [-0.2, 0) is 16.1 Å². The first-order valence-corrected chi connectivity index (χ1v) is 9.94. The van der Waals surface area contributed by atoms with Crippen LogP contribution in [0.25, 0.3) is 0 Å². The van der Waals surface area contributed by atoms with Crippen LogP contribution >= 0.6 is 0 Å². The number of hydrogen-bond donors (Lipinski definition) is 1. The number of ether oxygens (including phenoxy) is 2. The fourth-order valence-electron chi connectivity index (χ4n) is 3.59. The zero-order valence-electron chi connectivity index (χ0n) is 17.5. The molecule has 0 unspecified atom stereocenters. The van der Waals surface area contributed by atoms with Crippen molar-refractivity contribution in [2.45, 2.75) is 46.2 Å². The fourth-order valence-corrected chi connectivity index (χ4v) is 3.59. The van der Waals surface area contributed by atoms with Crippen molar-refractivity contribution in [1.29, 1.82) is 0 Å². The number of unbranched alkanes of at least 4 members (excludes halogenated alkanes) is 1. The molecule has 0 radical (unpaired) electrons. The lowest BCUT2D eigenvalue weighted by atomic mass is 10.1. The summed E-state index contributed by atoms with van der Waals surface area (Å²) in [6.07, 6.45) is 2.01. The lowest BCUT2D eigenvalue weighted by Crippen LogP contribution is -2.36. The maximum absolute atomic E-state index is 13.1. The molecule has 1 aliphatic rings. The predicted octanol–water partition coefficient (Wildman–Crippen LogP) is 3.91. The Balaban J connectivity index is 1.93. The molecular formula is C23H28N2O4. The van der Waals surface area contributed by atoms with Crippen molar-refractivity contribution in [3.8, 4) is 11.5 Å². The molecule has 6 nitrogen and oxygen atoms in total. The van der Waals surface area contributed by atoms with Crippen molar-refractivity contribution in [3.63, 3.8) is 0 Å². The van der Waals surface area contributed by atoms with Gasteiger partial charge in [0.05, 0.1) is 20.3 Å². The van der Waals surface area contributed by atoms with Crippen LogP contribution in [0.3, 0.4) is 0 Å². The van der Waals surface area contributed by atoms with E-state index < -0.39 is 6.04 Å². The SMILES string of the molecule is CCCCOc1cccc(CN2C(=O)[C@@H](NC(C)=O)c3cc(C)ccc32)c1OC. The van der Waals surface area contributed by atoms with E-state index in [1.165, 1.54) is 6.92 Å². The summed E-state index contributed by atoms with van der Waals surface area (Å²) >= 11 is 0. The average molecular weight is 396 g/mol. The van der Waals surface area contributed by atoms with Gasteiger partial charge in [-0.1, -0.05) is 43.2 Å². The van der Waals surface area contributed by atoms with E-state index in [0.29, 0.717) is 24.7 Å². The Labute approximate surface area is 171 Å². The molecule has 6 heteroatoms. The maximum atomic E-state index is 13.1. The summed E-state index contributed by atoms with van der Waals surface area (Å²) in [7, 11) is 1.61. The monoisotopic (exact) mass is 396 g/mol. The summed E-state index contributed by atoms with van der Waals surface area (Å²) in [5.41, 5.74) is 3.51. The largest absolute Gasteiger partial charge is 0.493 e. The lowest BCUT2D eigenvalue weighted by molar-refractivity contribution is -0.126. The van der Waals surface area contributed by atoms with Crippen LogP contribution in [-0.4, -0.2) is 25.5 Å². The van der Waals surface area contributed by atoms with Crippen LogP contribution in [0, 0.1) is 6.92 Å². The number of benzene rings is 2. The number of amides is 2. The van der Waals surface area contributed by atoms with Gasteiger partial charge in [0.2, 0.25) is 5.91 Å². The van der Waals surface area contributed by atoms with Crippen molar-refractivity contribution in [3.05, 3.63) is 53.1 Å². The molecule has 0 spiro atoms. The van der Waals surface area contributed by atoms with Crippen LogP contribution in [0.15, 0.2) is 36.4 Å². The number of nitrogens with one attached hydrogen (secondary N) is 1. The molecule has 1 heterocycles. The normalized spacial score (nSPS) is 15.2. The van der Waals surface area contributed by atoms with Gasteiger partial charge in [0, 0.05) is 23.7 Å². The quantitative estimate of drug-likeness (QED) is 0.687. The summed E-state index contributed by atoms with van der Waals surface area (Å²) in [5, 5.41) is 2.78. The second-order valence-electron chi connectivity index (χ2n) is 7.27. The molecule has 2 aromatic rings. The molecule has 0 saturated heterocycles. The molecule has 1 N–H and O–H groups in total. The minimum absolute atomic E-state index is 0.153. The van der Waals surface area contributed by atoms with Gasteiger partial charge < -0.3 is 19.7 Å². The lowest BCUT2D eigenvalue weighted by Gasteiger charge is -2.21. The topological polar surface area (TPSA) is 67.9 Å². The van der Waals surface area contributed by atoms with E-state index in [4.69, 9.17) is 9.47 Å². The number of carbonyl (C=O) groups is 2. The van der Waals surface area contributed by atoms with Gasteiger partial charge in [0.1, 0.15) is 6.04 Å². The number of aryl methyl sites for hydroxylation is 1. The van der Waals surface area contributed by atoms with Crippen molar-refractivity contribution in [2.75, 3.05) is 18.6 Å². The van der Waals surface area contributed by atoms with E-state index in [9.17, 15) is 9.59 Å². The van der Waals surface area contributed by atoms with E-state index in [1.54, 1.807) is 12.0 Å². The highest BCUT2D eigenvalue weighted by atomic mass is 16.5. The van der Waals surface area contributed by atoms with Gasteiger partial charge in [-0.05, 0) is 25.5 Å². The van der Waals surface area contributed by atoms with Crippen LogP contribution in [0.2, 0.25) is 0 Å². The highest BCUT2D eigenvalue weighted by Crippen LogP contribution is 2.40. The van der Waals surface area contributed by atoms with Gasteiger partial charge in [-0.3, -0.25) is 9.59 Å². The summed E-state index contributed by atoms with van der Waals surface area (Å²) in [6, 6.07) is 10.9. The molecule has 2 amide bonds. The summed E-state index contributed by atoms with van der Waals surface area (Å²) in [4.78, 5) is 26.5. The molecular weight excluding hydrogens is 368 g/mol. The number of carbonyl (C=O) groups excluding carboxylic acids is 2. The van der Waals surface area contributed by atoms with Crippen molar-refractivity contribution in [2.24, 2.45) is 0 Å². The average Bonchev–Trinajstić information content (AvgIpc) is 2.93. The fraction of sp³-hybridized carbons (Fsp3) is 0.391. The van der Waals surface area contributed by atoms with E-state index in [1.807, 2.05) is 43.3 Å².